The van der Waals surface area contributed by atoms with Gasteiger partial charge in [-0.25, -0.2) is 0 Å². The van der Waals surface area contributed by atoms with Crippen molar-refractivity contribution in [2.24, 2.45) is 5.92 Å². The molecule has 0 bridgehead atoms. The van der Waals surface area contributed by atoms with Crippen molar-refractivity contribution in [1.29, 1.82) is 0 Å². The Kier molecular flexibility index (Phi) is 3.11. The highest BCUT2D eigenvalue weighted by molar-refractivity contribution is 4.92. The monoisotopic (exact) mass is 186 g/mol. The second kappa shape index (κ2) is 3.78. The lowest BCUT2D eigenvalue weighted by Crippen LogP contribution is -2.50. The van der Waals surface area contributed by atoms with Crippen LogP contribution in [-0.2, 0) is 9.47 Å². The molecule has 0 aliphatic carbocycles. The van der Waals surface area contributed by atoms with Gasteiger partial charge in [-0.15, -0.1) is 6.58 Å². The Balaban J connectivity index is 2.74. The molecule has 1 aliphatic heterocycles. The molecule has 0 aromatic rings. The van der Waals surface area contributed by atoms with Crippen molar-refractivity contribution in [1.82, 2.24) is 0 Å². The Morgan fingerprint density at radius 1 is 1.46 bits per heavy atom. The number of hydrogen-bond acceptors (Lipinski definition) is 3. The van der Waals surface area contributed by atoms with Crippen LogP contribution in [0.2, 0.25) is 0 Å². The van der Waals surface area contributed by atoms with E-state index in [2.05, 4.69) is 6.58 Å². The van der Waals surface area contributed by atoms with E-state index in [1.54, 1.807) is 6.08 Å². The third-order valence-corrected chi connectivity index (χ3v) is 2.37. The third-order valence-electron chi connectivity index (χ3n) is 2.37. The standard InChI is InChI=1S/C10H18O3/c1-5-8-7(2)9(6-11)13-10(3,4)12-8/h5,7-9,11H,1,6H2,2-4H3. The molecule has 1 fully saturated rings. The fourth-order valence-corrected chi connectivity index (χ4v) is 1.61. The molecule has 1 aliphatic rings. The molecule has 1 saturated heterocycles. The summed E-state index contributed by atoms with van der Waals surface area (Å²) < 4.78 is 11.2. The minimum absolute atomic E-state index is 0.0261. The second-order valence-corrected chi connectivity index (χ2v) is 3.92. The third kappa shape index (κ3) is 2.30. The number of rotatable bonds is 2. The average molecular weight is 186 g/mol. The second-order valence-electron chi connectivity index (χ2n) is 3.92. The zero-order valence-corrected chi connectivity index (χ0v) is 8.49. The van der Waals surface area contributed by atoms with Gasteiger partial charge in [0.2, 0.25) is 0 Å². The summed E-state index contributed by atoms with van der Waals surface area (Å²) in [6, 6.07) is 0. The van der Waals surface area contributed by atoms with Crippen LogP contribution >= 0.6 is 0 Å². The van der Waals surface area contributed by atoms with Gasteiger partial charge in [-0.1, -0.05) is 13.0 Å². The van der Waals surface area contributed by atoms with E-state index in [1.807, 2.05) is 20.8 Å². The molecule has 1 rings (SSSR count). The first-order valence-corrected chi connectivity index (χ1v) is 4.59. The van der Waals surface area contributed by atoms with Crippen LogP contribution < -0.4 is 0 Å². The van der Waals surface area contributed by atoms with Crippen LogP contribution in [0, 0.1) is 5.92 Å². The molecular weight excluding hydrogens is 168 g/mol. The molecule has 13 heavy (non-hydrogen) atoms. The van der Waals surface area contributed by atoms with Gasteiger partial charge in [-0.3, -0.25) is 0 Å². The maximum absolute atomic E-state index is 9.09. The van der Waals surface area contributed by atoms with Crippen LogP contribution in [-0.4, -0.2) is 29.7 Å². The van der Waals surface area contributed by atoms with E-state index in [9.17, 15) is 0 Å². The van der Waals surface area contributed by atoms with Crippen molar-refractivity contribution in [2.45, 2.75) is 38.8 Å². The maximum atomic E-state index is 9.09. The Morgan fingerprint density at radius 3 is 2.54 bits per heavy atom. The van der Waals surface area contributed by atoms with Crippen molar-refractivity contribution < 1.29 is 14.6 Å². The minimum Gasteiger partial charge on any atom is -0.394 e. The molecule has 0 radical (unpaired) electrons. The number of aliphatic hydroxyl groups is 1. The van der Waals surface area contributed by atoms with E-state index in [-0.39, 0.29) is 24.7 Å². The quantitative estimate of drug-likeness (QED) is 0.661. The van der Waals surface area contributed by atoms with Gasteiger partial charge >= 0.3 is 0 Å². The molecule has 1 heterocycles. The van der Waals surface area contributed by atoms with Crippen LogP contribution in [0.3, 0.4) is 0 Å². The molecule has 0 saturated carbocycles. The van der Waals surface area contributed by atoms with E-state index in [4.69, 9.17) is 14.6 Å². The highest BCUT2D eigenvalue weighted by atomic mass is 16.7. The van der Waals surface area contributed by atoms with Crippen LogP contribution in [0.1, 0.15) is 20.8 Å². The summed E-state index contributed by atoms with van der Waals surface area (Å²) in [7, 11) is 0. The zero-order chi connectivity index (χ0) is 10.1. The molecule has 0 aromatic heterocycles. The fourth-order valence-electron chi connectivity index (χ4n) is 1.61. The normalized spacial score (nSPS) is 38.6. The first kappa shape index (κ1) is 10.7. The topological polar surface area (TPSA) is 38.7 Å². The lowest BCUT2D eigenvalue weighted by atomic mass is 9.96. The van der Waals surface area contributed by atoms with Crippen LogP contribution in [0.4, 0.5) is 0 Å². The summed E-state index contributed by atoms with van der Waals surface area (Å²) in [5.74, 6) is -0.478. The molecule has 3 atom stereocenters. The van der Waals surface area contributed by atoms with Crippen LogP contribution in [0.5, 0.6) is 0 Å². The van der Waals surface area contributed by atoms with Gasteiger partial charge in [0.25, 0.3) is 0 Å². The number of aliphatic hydroxyl groups excluding tert-OH is 1. The Bertz CT molecular complexity index is 189. The molecule has 0 spiro atoms. The van der Waals surface area contributed by atoms with Crippen molar-refractivity contribution in [3.05, 3.63) is 12.7 Å². The molecule has 3 heteroatoms. The lowest BCUT2D eigenvalue weighted by molar-refractivity contribution is -0.313. The van der Waals surface area contributed by atoms with Crippen molar-refractivity contribution >= 4 is 0 Å². The first-order valence-electron chi connectivity index (χ1n) is 4.59. The van der Waals surface area contributed by atoms with Gasteiger partial charge in [-0.05, 0) is 13.8 Å². The highest BCUT2D eigenvalue weighted by Gasteiger charge is 2.39. The molecule has 0 amide bonds. The molecule has 3 unspecified atom stereocenters. The van der Waals surface area contributed by atoms with Gasteiger partial charge in [0.15, 0.2) is 5.79 Å². The fraction of sp³-hybridized carbons (Fsp3) is 0.800. The van der Waals surface area contributed by atoms with E-state index in [1.165, 1.54) is 0 Å². The van der Waals surface area contributed by atoms with Gasteiger partial charge in [0.1, 0.15) is 0 Å². The summed E-state index contributed by atoms with van der Waals surface area (Å²) >= 11 is 0. The van der Waals surface area contributed by atoms with E-state index < -0.39 is 5.79 Å². The Labute approximate surface area is 79.3 Å². The smallest absolute Gasteiger partial charge is 0.164 e. The van der Waals surface area contributed by atoms with Crippen molar-refractivity contribution in [3.63, 3.8) is 0 Å². The van der Waals surface area contributed by atoms with Crippen molar-refractivity contribution in [2.75, 3.05) is 6.61 Å². The minimum atomic E-state index is -0.626. The predicted molar refractivity (Wildman–Crippen MR) is 50.3 cm³/mol. The lowest BCUT2D eigenvalue weighted by Gasteiger charge is -2.43. The van der Waals surface area contributed by atoms with Crippen LogP contribution in [0.25, 0.3) is 0 Å². The summed E-state index contributed by atoms with van der Waals surface area (Å²) in [6.45, 7) is 9.41. The Hall–Kier alpha value is -0.380. The summed E-state index contributed by atoms with van der Waals surface area (Å²) in [4.78, 5) is 0. The van der Waals surface area contributed by atoms with Gasteiger partial charge < -0.3 is 14.6 Å². The van der Waals surface area contributed by atoms with Crippen molar-refractivity contribution in [3.8, 4) is 0 Å². The largest absolute Gasteiger partial charge is 0.394 e. The number of hydrogen-bond donors (Lipinski definition) is 1. The molecular formula is C10H18O3. The highest BCUT2D eigenvalue weighted by Crippen LogP contribution is 2.30. The number of ether oxygens (including phenoxy) is 2. The Morgan fingerprint density at radius 2 is 2.08 bits per heavy atom. The summed E-state index contributed by atoms with van der Waals surface area (Å²) in [5, 5.41) is 9.09. The zero-order valence-electron chi connectivity index (χ0n) is 8.49. The van der Waals surface area contributed by atoms with Gasteiger partial charge in [0.05, 0.1) is 18.8 Å². The van der Waals surface area contributed by atoms with Gasteiger partial charge in [-0.2, -0.15) is 0 Å². The predicted octanol–water partition coefficient (Wildman–Crippen LogP) is 1.32. The SMILES string of the molecule is C=CC1OC(C)(C)OC(CO)C1C. The molecule has 76 valence electrons. The van der Waals surface area contributed by atoms with Gasteiger partial charge in [0, 0.05) is 5.92 Å². The van der Waals surface area contributed by atoms with E-state index in [0.29, 0.717) is 0 Å². The van der Waals surface area contributed by atoms with E-state index in [0.717, 1.165) is 0 Å². The maximum Gasteiger partial charge on any atom is 0.164 e. The average Bonchev–Trinajstić information content (AvgIpc) is 2.08. The summed E-state index contributed by atoms with van der Waals surface area (Å²) in [6.07, 6.45) is 1.56. The molecule has 3 nitrogen and oxygen atoms in total. The molecule has 1 N–H and O–H groups in total. The van der Waals surface area contributed by atoms with Crippen LogP contribution in [0.15, 0.2) is 12.7 Å². The molecule has 0 aromatic carbocycles. The first-order chi connectivity index (χ1) is 6.00. The van der Waals surface area contributed by atoms with E-state index >= 15 is 0 Å². The summed E-state index contributed by atoms with van der Waals surface area (Å²) in [5.41, 5.74) is 0.